The zero-order chi connectivity index (χ0) is 24.7. The summed E-state index contributed by atoms with van der Waals surface area (Å²) in [7, 11) is 0. The monoisotopic (exact) mass is 480 g/mol. The Bertz CT molecular complexity index is 809. The number of carbonyl (C=O) groups is 1. The fraction of sp³-hybridized carbons (Fsp3) is 0.808. The van der Waals surface area contributed by atoms with Crippen molar-refractivity contribution < 1.29 is 39.4 Å². The summed E-state index contributed by atoms with van der Waals surface area (Å²) >= 11 is 0. The largest absolute Gasteiger partial charge is 0.458 e. The van der Waals surface area contributed by atoms with Crippen molar-refractivity contribution in [2.24, 2.45) is 22.7 Å². The van der Waals surface area contributed by atoms with E-state index < -0.39 is 37.3 Å². The van der Waals surface area contributed by atoms with E-state index in [0.717, 1.165) is 44.1 Å². The second kappa shape index (κ2) is 9.99. The van der Waals surface area contributed by atoms with E-state index in [1.807, 2.05) is 6.08 Å². The van der Waals surface area contributed by atoms with Crippen LogP contribution in [0.2, 0.25) is 0 Å². The van der Waals surface area contributed by atoms with Crippen molar-refractivity contribution in [3.8, 4) is 0 Å². The lowest BCUT2D eigenvalue weighted by molar-refractivity contribution is -0.309. The minimum absolute atomic E-state index is 0.0180. The van der Waals surface area contributed by atoms with Gasteiger partial charge in [-0.2, -0.15) is 0 Å². The molecule has 192 valence electrons. The van der Waals surface area contributed by atoms with Gasteiger partial charge in [0.2, 0.25) is 0 Å². The van der Waals surface area contributed by atoms with Crippen LogP contribution >= 0.6 is 0 Å². The van der Waals surface area contributed by atoms with Crippen molar-refractivity contribution in [3.05, 3.63) is 23.8 Å². The first-order valence-corrected chi connectivity index (χ1v) is 12.6. The zero-order valence-electron chi connectivity index (χ0n) is 20.3. The maximum Gasteiger partial charge on any atom is 0.334 e. The molecular formula is C26H40O8. The molecule has 2 aliphatic heterocycles. The SMILES string of the molecule is C=C1CCC2[C@](C)(COC3OC(CO)C(O)C(O)C3O)CCC[C@@]2(C)C1CCC1=CCOC1=O. The number of fused-ring (bicyclic) bond motifs is 1. The Hall–Kier alpha value is -1.29. The second-order valence-corrected chi connectivity index (χ2v) is 11.2. The molecule has 0 aromatic heterocycles. The Morgan fingerprint density at radius 1 is 1.18 bits per heavy atom. The number of carbonyl (C=O) groups excluding carboxylic acids is 1. The number of esters is 1. The number of hydrogen-bond donors (Lipinski definition) is 4. The van der Waals surface area contributed by atoms with Crippen LogP contribution in [0.3, 0.4) is 0 Å². The number of ether oxygens (including phenoxy) is 3. The molecule has 8 heteroatoms. The highest BCUT2D eigenvalue weighted by atomic mass is 16.7. The van der Waals surface area contributed by atoms with Gasteiger partial charge < -0.3 is 34.6 Å². The standard InChI is InChI=1S/C26H40O8/c1-15-5-8-19-25(2,14-33-24-22(30)21(29)20(28)18(13-27)34-24)10-4-11-26(19,3)17(15)7-6-16-9-12-32-23(16)31/h9,17-22,24,27-30H,1,4-8,10-14H2,2-3H3/t17?,18?,19?,20?,21?,22?,24?,25-,26-/m0/s1. The van der Waals surface area contributed by atoms with Gasteiger partial charge in [-0.1, -0.05) is 32.4 Å². The van der Waals surface area contributed by atoms with Crippen LogP contribution in [0.25, 0.3) is 0 Å². The summed E-state index contributed by atoms with van der Waals surface area (Å²) in [6, 6.07) is 0. The van der Waals surface area contributed by atoms with Gasteiger partial charge in [0.1, 0.15) is 31.0 Å². The highest BCUT2D eigenvalue weighted by Crippen LogP contribution is 2.62. The Kier molecular flexibility index (Phi) is 7.58. The predicted molar refractivity (Wildman–Crippen MR) is 123 cm³/mol. The number of rotatable bonds is 7. The van der Waals surface area contributed by atoms with Crippen LogP contribution in [0.5, 0.6) is 0 Å². The molecule has 9 atom stereocenters. The van der Waals surface area contributed by atoms with Gasteiger partial charge in [-0.05, 0) is 67.3 Å². The molecule has 0 aromatic rings. The van der Waals surface area contributed by atoms with Crippen molar-refractivity contribution >= 4 is 5.97 Å². The molecule has 3 fully saturated rings. The molecule has 0 spiro atoms. The van der Waals surface area contributed by atoms with Gasteiger partial charge in [-0.25, -0.2) is 4.79 Å². The lowest BCUT2D eigenvalue weighted by atomic mass is 9.47. The minimum Gasteiger partial charge on any atom is -0.458 e. The van der Waals surface area contributed by atoms with E-state index in [1.54, 1.807) is 0 Å². The van der Waals surface area contributed by atoms with E-state index in [4.69, 9.17) is 14.2 Å². The number of hydrogen-bond acceptors (Lipinski definition) is 8. The highest BCUT2D eigenvalue weighted by molar-refractivity contribution is 5.90. The van der Waals surface area contributed by atoms with Gasteiger partial charge in [-0.15, -0.1) is 0 Å². The molecule has 1 saturated heterocycles. The summed E-state index contributed by atoms with van der Waals surface area (Å²) in [5.41, 5.74) is 1.87. The van der Waals surface area contributed by atoms with Crippen molar-refractivity contribution in [1.82, 2.24) is 0 Å². The molecule has 7 unspecified atom stereocenters. The van der Waals surface area contributed by atoms with Gasteiger partial charge >= 0.3 is 5.97 Å². The summed E-state index contributed by atoms with van der Waals surface area (Å²) in [5, 5.41) is 40.0. The maximum absolute atomic E-state index is 11.9. The van der Waals surface area contributed by atoms with Crippen LogP contribution in [-0.2, 0) is 19.0 Å². The van der Waals surface area contributed by atoms with Crippen LogP contribution in [0.4, 0.5) is 0 Å². The summed E-state index contributed by atoms with van der Waals surface area (Å²) in [4.78, 5) is 11.9. The van der Waals surface area contributed by atoms with E-state index in [-0.39, 0.29) is 16.8 Å². The molecule has 0 bridgehead atoms. The summed E-state index contributed by atoms with van der Waals surface area (Å²) < 4.78 is 16.7. The third-order valence-corrected chi connectivity index (χ3v) is 9.08. The molecule has 2 aliphatic carbocycles. The number of cyclic esters (lactones) is 1. The second-order valence-electron chi connectivity index (χ2n) is 11.2. The van der Waals surface area contributed by atoms with Crippen molar-refractivity contribution in [2.75, 3.05) is 19.8 Å². The first-order chi connectivity index (χ1) is 16.1. The number of aliphatic hydroxyl groups is 4. The normalized spacial score (nSPS) is 45.0. The topological polar surface area (TPSA) is 126 Å². The van der Waals surface area contributed by atoms with Gasteiger partial charge in [-0.3, -0.25) is 0 Å². The van der Waals surface area contributed by atoms with E-state index in [0.29, 0.717) is 31.5 Å². The van der Waals surface area contributed by atoms with Gasteiger partial charge in [0.05, 0.1) is 13.2 Å². The van der Waals surface area contributed by atoms with Crippen molar-refractivity contribution in [1.29, 1.82) is 0 Å². The van der Waals surface area contributed by atoms with E-state index >= 15 is 0 Å². The number of allylic oxidation sites excluding steroid dienone is 1. The lowest BCUT2D eigenvalue weighted by Gasteiger charge is -2.59. The first-order valence-electron chi connectivity index (χ1n) is 12.6. The van der Waals surface area contributed by atoms with E-state index in [9.17, 15) is 25.2 Å². The smallest absolute Gasteiger partial charge is 0.334 e. The van der Waals surface area contributed by atoms with Gasteiger partial charge in [0.15, 0.2) is 6.29 Å². The van der Waals surface area contributed by atoms with Crippen LogP contribution in [-0.4, -0.2) is 76.9 Å². The van der Waals surface area contributed by atoms with Crippen molar-refractivity contribution in [2.45, 2.75) is 89.5 Å². The van der Waals surface area contributed by atoms with Gasteiger partial charge in [0.25, 0.3) is 0 Å². The molecule has 4 rings (SSSR count). The maximum atomic E-state index is 11.9. The molecule has 0 aromatic carbocycles. The van der Waals surface area contributed by atoms with Crippen LogP contribution in [0.1, 0.15) is 58.8 Å². The van der Waals surface area contributed by atoms with Crippen molar-refractivity contribution in [3.63, 3.8) is 0 Å². The first kappa shape index (κ1) is 25.8. The molecule has 2 saturated carbocycles. The Balaban J connectivity index is 1.46. The summed E-state index contributed by atoms with van der Waals surface area (Å²) in [6.07, 6.45) is 2.15. The lowest BCUT2D eigenvalue weighted by Crippen LogP contribution is -2.60. The van der Waals surface area contributed by atoms with Crippen LogP contribution in [0.15, 0.2) is 23.8 Å². The average molecular weight is 481 g/mol. The summed E-state index contributed by atoms with van der Waals surface area (Å²) in [6.45, 7) is 9.21. The third-order valence-electron chi connectivity index (χ3n) is 9.08. The number of aliphatic hydroxyl groups excluding tert-OH is 4. The molecule has 2 heterocycles. The molecule has 4 N–H and O–H groups in total. The highest BCUT2D eigenvalue weighted by Gasteiger charge is 2.55. The van der Waals surface area contributed by atoms with Crippen LogP contribution in [0, 0.1) is 22.7 Å². The fourth-order valence-electron chi connectivity index (χ4n) is 7.17. The molecule has 0 amide bonds. The Labute approximate surface area is 201 Å². The van der Waals surface area contributed by atoms with Gasteiger partial charge in [0, 0.05) is 5.57 Å². The molecule has 4 aliphatic rings. The summed E-state index contributed by atoms with van der Waals surface area (Å²) in [5.74, 6) is 0.454. The average Bonchev–Trinajstić information content (AvgIpc) is 3.21. The molecular weight excluding hydrogens is 440 g/mol. The Morgan fingerprint density at radius 2 is 1.94 bits per heavy atom. The molecule has 0 radical (unpaired) electrons. The Morgan fingerprint density at radius 3 is 2.62 bits per heavy atom. The fourth-order valence-corrected chi connectivity index (χ4v) is 7.17. The predicted octanol–water partition coefficient (Wildman–Crippen LogP) is 1.85. The quantitative estimate of drug-likeness (QED) is 0.321. The van der Waals surface area contributed by atoms with E-state index in [1.165, 1.54) is 5.57 Å². The third kappa shape index (κ3) is 4.61. The minimum atomic E-state index is -1.45. The zero-order valence-corrected chi connectivity index (χ0v) is 20.3. The molecule has 34 heavy (non-hydrogen) atoms. The van der Waals surface area contributed by atoms with E-state index in [2.05, 4.69) is 20.4 Å². The van der Waals surface area contributed by atoms with Crippen LogP contribution < -0.4 is 0 Å². The molecule has 8 nitrogen and oxygen atoms in total.